The smallest absolute Gasteiger partial charge is 0.508 e. The number of nitrogens with one attached hydrogen (secondary N) is 12. The lowest BCUT2D eigenvalue weighted by Gasteiger charge is -2.48. The fraction of sp³-hybridized carbons (Fsp3) is 0.405. The third-order valence-corrected chi connectivity index (χ3v) is 22.9. The van der Waals surface area contributed by atoms with E-state index in [1.165, 1.54) is 44.4 Å². The molecule has 9 heterocycles. The first kappa shape index (κ1) is 95.8. The molecule has 47 heteroatoms. The van der Waals surface area contributed by atoms with Gasteiger partial charge >= 0.3 is 12.1 Å². The highest BCUT2D eigenvalue weighted by molar-refractivity contribution is 6.32. The number of phenols is 3. The van der Waals surface area contributed by atoms with E-state index < -0.39 is 272 Å². The van der Waals surface area contributed by atoms with Gasteiger partial charge in [-0.3, -0.25) is 63.6 Å². The summed E-state index contributed by atoms with van der Waals surface area (Å²) >= 11 is 14.4. The number of aromatic nitrogens is 2. The third kappa shape index (κ3) is 22.3. The number of aliphatic hydroxyl groups excluding tert-OH is 6. The Balaban J connectivity index is 0.922. The van der Waals surface area contributed by atoms with Gasteiger partial charge in [-0.25, -0.2) is 4.79 Å². The van der Waals surface area contributed by atoms with Crippen LogP contribution in [0.25, 0.3) is 11.1 Å². The lowest BCUT2D eigenvalue weighted by Crippen LogP contribution is -2.65. The van der Waals surface area contributed by atoms with Gasteiger partial charge in [-0.05, 0) is 139 Å². The minimum atomic E-state index is -4.94. The quantitative estimate of drug-likeness (QED) is 0.0437. The number of anilines is 1. The summed E-state index contributed by atoms with van der Waals surface area (Å²) in [6.07, 6.45) is -23.9. The van der Waals surface area contributed by atoms with Crippen molar-refractivity contribution < 1.29 is 135 Å². The molecule has 8 aliphatic heterocycles. The summed E-state index contributed by atoms with van der Waals surface area (Å²) in [6, 6.07) is 5.14. The molecule has 11 bridgehead atoms. The van der Waals surface area contributed by atoms with Gasteiger partial charge in [0, 0.05) is 55.0 Å². The number of halogens is 5. The van der Waals surface area contributed by atoms with Crippen molar-refractivity contribution in [3.8, 4) is 62.9 Å². The second kappa shape index (κ2) is 40.3. The number of nitrogens with two attached hydrogens (primary N) is 1. The Morgan fingerprint density at radius 1 is 0.740 bits per heavy atom. The predicted molar refractivity (Wildman–Crippen MR) is 451 cm³/mol. The van der Waals surface area contributed by atoms with Gasteiger partial charge in [-0.2, -0.15) is 4.98 Å². The Bertz CT molecular complexity index is 5630. The summed E-state index contributed by atoms with van der Waals surface area (Å²) in [6.45, 7) is 5.97. The molecule has 9 amide bonds. The van der Waals surface area contributed by atoms with Crippen LogP contribution in [0, 0.1) is 5.92 Å². The van der Waals surface area contributed by atoms with Gasteiger partial charge in [0.05, 0.1) is 54.3 Å². The molecule has 0 saturated carbocycles. The molecule has 2 saturated heterocycles. The number of benzene rings is 6. The first-order valence-electron chi connectivity index (χ1n) is 40.9. The number of aromatic hydroxyl groups is 3. The topological polar surface area (TPSA) is 618 Å². The molecule has 7 aromatic rings. The van der Waals surface area contributed by atoms with Crippen molar-refractivity contribution in [2.24, 2.45) is 16.6 Å². The number of phenolic OH excluding ortho intramolecular Hbond substituents is 3. The van der Waals surface area contributed by atoms with Crippen LogP contribution < -0.4 is 94.4 Å². The van der Waals surface area contributed by atoms with Crippen molar-refractivity contribution in [3.05, 3.63) is 169 Å². The fourth-order valence-corrected chi connectivity index (χ4v) is 16.1. The summed E-state index contributed by atoms with van der Waals surface area (Å²) < 4.78 is 82.7. The third-order valence-electron chi connectivity index (χ3n) is 22.3. The Kier molecular flexibility index (Phi) is 29.5. The highest BCUT2D eigenvalue weighted by Crippen LogP contribution is 2.50. The lowest BCUT2D eigenvalue weighted by molar-refractivity contribution is -0.334. The number of guanidine groups is 1. The molecule has 8 aliphatic rings. The molecule has 2 fully saturated rings. The molecular formula is C84H93Cl2F3N16O26. The van der Waals surface area contributed by atoms with E-state index in [1.807, 2.05) is 0 Å². The standard InChI is InChI=1S/C84H93Cl2F3N16O26/c1-34(2)22-47(91-5)73(117)101-64-66(112)38-9-14-51(45(85)25-38)126-53-27-40-28-54(70(53)130-80-71(69(115)68(114)55(33-106)128-80)129-59-32-83(4,72(116)35(3)125-59)94-19-21-105-20-16-57(97-82(105)124)96-58(111)23-36-6-11-42(12-7-36)131-84(87,88)89)127-52-15-10-39(26-46(52)86)67(113)65-78(122)100-63(79(123)103-104-81-92-17-18-93-81)44-29-41(107)30-50(109)60(44)43-24-37(8-13-49(43)108)61(75(119)102-65)99-76(120)62(40)98-74(118)48(31-56(90)110)95-77(64)121/h6-16,20,24-30,34-35,47-48,55,59,61-69,71-72,80,91,94,106-109,112-116H,17-19,21-23,31-33H2,1-5H3,(H2,90,110)(H,95,121)(H,98,118)(H,99,120)(H,100,122)(H,101,117)(H,102,119)(H,103,123)(H2,92,93,104)(H,96,97,111,124)/t35-,47+,48-,55+,59-,61+,62+,63+,64+,65-,66+,67+,68+,69-,71+,72+,80-,83-/m0/s1. The van der Waals surface area contributed by atoms with Gasteiger partial charge in [-0.1, -0.05) is 67.4 Å². The predicted octanol–water partition coefficient (Wildman–Crippen LogP) is 0.569. The summed E-state index contributed by atoms with van der Waals surface area (Å²) in [4.78, 5) is 155. The van der Waals surface area contributed by atoms with Crippen LogP contribution in [0.5, 0.6) is 51.7 Å². The second-order valence-corrected chi connectivity index (χ2v) is 33.0. The maximum absolute atomic E-state index is 16.4. The van der Waals surface area contributed by atoms with Crippen molar-refractivity contribution >= 4 is 88.1 Å². The number of fused-ring (bicyclic) bond motifs is 15. The van der Waals surface area contributed by atoms with Gasteiger partial charge in [0.1, 0.15) is 107 Å². The number of primary amides is 1. The van der Waals surface area contributed by atoms with E-state index in [-0.39, 0.29) is 73.3 Å². The monoisotopic (exact) mass is 1870 g/mol. The maximum Gasteiger partial charge on any atom is 0.573 e. The average Bonchev–Trinajstić information content (AvgIpc) is 0.968. The summed E-state index contributed by atoms with van der Waals surface area (Å²) in [5.74, 6) is -17.0. The van der Waals surface area contributed by atoms with E-state index in [9.17, 15) is 83.1 Å². The van der Waals surface area contributed by atoms with E-state index in [0.29, 0.717) is 12.1 Å². The SMILES string of the molecule is CN[C@H](CC(C)C)C(=O)N[C@H]1C(=O)N[C@@H](CC(N)=O)C(=O)N[C@H]2C(=O)N[C@H]3C(=O)N[C@H](C(=O)N[C@@H](C(=O)NNC4=NCCN4)c4cc(O)cc(O)c4-c4cc3ccc4O)[C@H](O)c3ccc(c(Cl)c3)Oc3cc2cc(c3O[C@@H]2O[C@H](CO)[C@@H](O)[C@H](O)[C@H]2O[C@H]2C[C@](C)(NCCn3ccc(NC(=O)Cc4ccc(OC(F)(F)F)cc4)nc3=O)[C@H](O)[C@H](C)O2)Oc2ccc(cc2Cl)[C@H]1O. The number of aliphatic hydroxyl groups is 6. The molecule has 131 heavy (non-hydrogen) atoms. The summed E-state index contributed by atoms with van der Waals surface area (Å²) in [5.41, 5.74) is 6.00. The zero-order valence-corrected chi connectivity index (χ0v) is 71.5. The molecule has 15 rings (SSSR count). The van der Waals surface area contributed by atoms with E-state index >= 15 is 24.0 Å². The van der Waals surface area contributed by atoms with E-state index in [0.717, 1.165) is 89.5 Å². The number of nitrogens with zero attached hydrogens (tertiary/aromatic N) is 3. The molecule has 1 aromatic heterocycles. The highest BCUT2D eigenvalue weighted by Gasteiger charge is 2.53. The minimum Gasteiger partial charge on any atom is -0.508 e. The number of rotatable bonds is 21. The second-order valence-electron chi connectivity index (χ2n) is 32.2. The van der Waals surface area contributed by atoms with Crippen LogP contribution in [-0.4, -0.2) is 233 Å². The molecular weight excluding hydrogens is 1780 g/mol. The first-order chi connectivity index (χ1) is 62.1. The lowest BCUT2D eigenvalue weighted by atomic mass is 9.85. The van der Waals surface area contributed by atoms with E-state index in [1.54, 1.807) is 20.8 Å². The Morgan fingerprint density at radius 2 is 1.40 bits per heavy atom. The molecule has 700 valence electrons. The number of amides is 9. The highest BCUT2D eigenvalue weighted by atomic mass is 35.5. The molecule has 0 aliphatic carbocycles. The van der Waals surface area contributed by atoms with Gasteiger partial charge in [0.2, 0.25) is 65.3 Å². The normalized spacial score (nSPS) is 25.9. The van der Waals surface area contributed by atoms with Crippen LogP contribution in [-0.2, 0) is 70.3 Å². The van der Waals surface area contributed by atoms with Crippen molar-refractivity contribution in [2.45, 2.75) is 176 Å². The molecule has 6 aromatic carbocycles. The zero-order chi connectivity index (χ0) is 94.5. The van der Waals surface area contributed by atoms with Crippen LogP contribution in [0.15, 0.2) is 125 Å². The molecule has 0 spiro atoms. The van der Waals surface area contributed by atoms with Crippen molar-refractivity contribution in [2.75, 3.05) is 38.6 Å². The number of alkyl halides is 3. The zero-order valence-electron chi connectivity index (χ0n) is 70.0. The van der Waals surface area contributed by atoms with Crippen LogP contribution in [0.2, 0.25) is 10.0 Å². The van der Waals surface area contributed by atoms with Crippen LogP contribution >= 0.6 is 23.2 Å². The van der Waals surface area contributed by atoms with Gasteiger partial charge in [0.15, 0.2) is 23.9 Å². The number of likely N-dealkylation sites (N-methyl/N-ethyl adjacent to an activating group) is 1. The Labute approximate surface area is 751 Å². The largest absolute Gasteiger partial charge is 0.573 e. The van der Waals surface area contributed by atoms with Crippen LogP contribution in [0.1, 0.15) is 111 Å². The molecule has 0 radical (unpaired) electrons. The number of carbonyl (C=O) groups excluding carboxylic acids is 9. The molecule has 18 atom stereocenters. The van der Waals surface area contributed by atoms with Crippen LogP contribution in [0.3, 0.4) is 0 Å². The van der Waals surface area contributed by atoms with E-state index in [4.69, 9.17) is 57.4 Å². The molecule has 0 unspecified atom stereocenters. The number of hydrogen-bond acceptors (Lipinski definition) is 32. The van der Waals surface area contributed by atoms with Crippen LogP contribution in [0.4, 0.5) is 19.0 Å². The number of carbonyl (C=O) groups is 9. The van der Waals surface area contributed by atoms with E-state index in [2.05, 4.69) is 78.7 Å². The van der Waals surface area contributed by atoms with Crippen molar-refractivity contribution in [1.29, 1.82) is 0 Å². The number of hydrazine groups is 1. The number of aliphatic imine (C=N–C) groups is 1. The fourth-order valence-electron chi connectivity index (χ4n) is 15.6. The minimum absolute atomic E-state index is 0.0646. The van der Waals surface area contributed by atoms with Gasteiger partial charge in [0.25, 0.3) is 5.91 Å². The number of ether oxygens (including phenoxy) is 7. The molecule has 23 N–H and O–H groups in total. The summed E-state index contributed by atoms with van der Waals surface area (Å²) in [5, 5.41) is 133. The van der Waals surface area contributed by atoms with Gasteiger partial charge < -0.3 is 138 Å². The summed E-state index contributed by atoms with van der Waals surface area (Å²) in [7, 11) is 1.46. The van der Waals surface area contributed by atoms with Gasteiger partial charge in [-0.15, -0.1) is 13.2 Å². The van der Waals surface area contributed by atoms with Crippen molar-refractivity contribution in [3.63, 3.8) is 0 Å². The maximum atomic E-state index is 16.4. The molecule has 42 nitrogen and oxygen atoms in total. The number of hydrogen-bond donors (Lipinski definition) is 22. The Hall–Kier alpha value is -12.8. The first-order valence-corrected chi connectivity index (χ1v) is 41.6. The van der Waals surface area contributed by atoms with Crippen molar-refractivity contribution in [1.82, 2.24) is 68.3 Å². The average molecular weight is 1870 g/mol. The Morgan fingerprint density at radius 3 is 2.02 bits per heavy atom.